The van der Waals surface area contributed by atoms with Gasteiger partial charge in [-0.15, -0.1) is 11.6 Å². The normalized spacial score (nSPS) is 16.8. The van der Waals surface area contributed by atoms with Crippen molar-refractivity contribution in [2.45, 2.75) is 49.4 Å². The third-order valence-corrected chi connectivity index (χ3v) is 7.12. The lowest BCUT2D eigenvalue weighted by Crippen LogP contribution is -2.34. The van der Waals surface area contributed by atoms with Crippen LogP contribution < -0.4 is 5.32 Å². The number of carbonyl (C=O) groups is 1. The number of amides is 1. The van der Waals surface area contributed by atoms with Crippen molar-refractivity contribution in [2.24, 2.45) is 0 Å². The molecule has 2 nitrogen and oxygen atoms in total. The highest BCUT2D eigenvalue weighted by atomic mass is 35.5. The van der Waals surface area contributed by atoms with Crippen LogP contribution in [-0.4, -0.2) is 11.9 Å². The van der Waals surface area contributed by atoms with Crippen LogP contribution in [-0.2, 0) is 4.87 Å². The Bertz CT molecular complexity index is 1010. The first-order valence-corrected chi connectivity index (χ1v) is 11.8. The van der Waals surface area contributed by atoms with Gasteiger partial charge in [0.15, 0.2) is 0 Å². The molecule has 1 fully saturated rings. The van der Waals surface area contributed by atoms with E-state index in [1.54, 1.807) is 0 Å². The summed E-state index contributed by atoms with van der Waals surface area (Å²) >= 11 is 13.9. The van der Waals surface area contributed by atoms with Gasteiger partial charge >= 0.3 is 0 Å². The Hall–Kier alpha value is -2.29. The summed E-state index contributed by atoms with van der Waals surface area (Å²) in [6.07, 6.45) is 7.03. The fraction of sp³-hybridized carbons (Fsp3) is 0.296. The van der Waals surface area contributed by atoms with Crippen LogP contribution in [0.3, 0.4) is 0 Å². The molecule has 0 heterocycles. The van der Waals surface area contributed by atoms with Crippen molar-refractivity contribution >= 4 is 29.1 Å². The highest BCUT2D eigenvalue weighted by Gasteiger charge is 2.35. The van der Waals surface area contributed by atoms with Crippen LogP contribution in [0, 0.1) is 0 Å². The maximum absolute atomic E-state index is 12.8. The fourth-order valence-corrected chi connectivity index (χ4v) is 5.17. The molecule has 0 radical (unpaired) electrons. The molecule has 0 aromatic heterocycles. The zero-order valence-electron chi connectivity index (χ0n) is 17.5. The van der Waals surface area contributed by atoms with Crippen LogP contribution in [0.4, 0.5) is 0 Å². The van der Waals surface area contributed by atoms with Crippen molar-refractivity contribution in [3.05, 3.63) is 106 Å². The van der Waals surface area contributed by atoms with Crippen molar-refractivity contribution in [2.75, 3.05) is 0 Å². The molecule has 1 atom stereocenters. The summed E-state index contributed by atoms with van der Waals surface area (Å²) in [4.78, 5) is 11.9. The molecule has 31 heavy (non-hydrogen) atoms. The number of rotatable bonds is 5. The van der Waals surface area contributed by atoms with E-state index >= 15 is 0 Å². The summed E-state index contributed by atoms with van der Waals surface area (Å²) in [5.41, 5.74) is 3.28. The second-order valence-electron chi connectivity index (χ2n) is 8.24. The topological polar surface area (TPSA) is 29.1 Å². The molecule has 0 saturated heterocycles. The second kappa shape index (κ2) is 9.89. The summed E-state index contributed by atoms with van der Waals surface area (Å²) in [7, 11) is 0. The Labute approximate surface area is 194 Å². The van der Waals surface area contributed by atoms with E-state index in [0.717, 1.165) is 29.5 Å². The lowest BCUT2D eigenvalue weighted by Gasteiger charge is -2.30. The molecule has 160 valence electrons. The predicted molar refractivity (Wildman–Crippen MR) is 129 cm³/mol. The average Bonchev–Trinajstić information content (AvgIpc) is 3.08. The standard InChI is InChI=1S/C27H27Cl2NO/c28-25-15-9-8-14-24(25)27(29,21-10-4-3-5-11-21)22-18-16-20(17-19-22)26(31)30-23-12-6-1-2-7-13-23/h3-5,8-11,14-19,23H,1-2,6-7,12-13H2,(H,30,31). The van der Waals surface area contributed by atoms with E-state index in [-0.39, 0.29) is 11.9 Å². The number of carbonyl (C=O) groups excluding carboxylic acids is 1. The molecule has 0 aliphatic heterocycles. The Balaban J connectivity index is 1.64. The van der Waals surface area contributed by atoms with Gasteiger partial charge < -0.3 is 5.32 Å². The molecule has 4 heteroatoms. The number of hydrogen-bond donors (Lipinski definition) is 1. The summed E-state index contributed by atoms with van der Waals surface area (Å²) in [6.45, 7) is 0. The molecule has 3 aromatic carbocycles. The van der Waals surface area contributed by atoms with Crippen molar-refractivity contribution in [3.8, 4) is 0 Å². The lowest BCUT2D eigenvalue weighted by molar-refractivity contribution is 0.0933. The van der Waals surface area contributed by atoms with Gasteiger partial charge in [-0.2, -0.15) is 0 Å². The van der Waals surface area contributed by atoms with E-state index < -0.39 is 4.87 Å². The van der Waals surface area contributed by atoms with E-state index in [0.29, 0.717) is 10.6 Å². The first-order chi connectivity index (χ1) is 15.1. The van der Waals surface area contributed by atoms with Gasteiger partial charge in [0, 0.05) is 22.2 Å². The largest absolute Gasteiger partial charge is 0.349 e. The molecule has 1 aliphatic rings. The smallest absolute Gasteiger partial charge is 0.251 e. The first-order valence-electron chi connectivity index (χ1n) is 11.0. The minimum absolute atomic E-state index is 0.0175. The number of halogens is 2. The molecule has 1 saturated carbocycles. The Kier molecular flexibility index (Phi) is 6.99. The van der Waals surface area contributed by atoms with E-state index in [2.05, 4.69) is 5.32 Å². The lowest BCUT2D eigenvalue weighted by atomic mass is 9.84. The highest BCUT2D eigenvalue weighted by Crippen LogP contribution is 2.45. The van der Waals surface area contributed by atoms with Crippen molar-refractivity contribution in [1.82, 2.24) is 5.32 Å². The Morgan fingerprint density at radius 2 is 1.35 bits per heavy atom. The molecule has 1 N–H and O–H groups in total. The van der Waals surface area contributed by atoms with Crippen LogP contribution in [0.2, 0.25) is 5.02 Å². The van der Waals surface area contributed by atoms with E-state index in [1.807, 2.05) is 78.9 Å². The Morgan fingerprint density at radius 3 is 2.00 bits per heavy atom. The maximum Gasteiger partial charge on any atom is 0.251 e. The van der Waals surface area contributed by atoms with Gasteiger partial charge in [-0.05, 0) is 42.2 Å². The van der Waals surface area contributed by atoms with Crippen molar-refractivity contribution < 1.29 is 4.79 Å². The number of hydrogen-bond acceptors (Lipinski definition) is 1. The monoisotopic (exact) mass is 451 g/mol. The Morgan fingerprint density at radius 1 is 0.774 bits per heavy atom. The fourth-order valence-electron chi connectivity index (χ4n) is 4.43. The minimum Gasteiger partial charge on any atom is -0.349 e. The predicted octanol–water partition coefficient (Wildman–Crippen LogP) is 7.32. The molecular formula is C27H27Cl2NO. The molecule has 0 bridgehead atoms. The van der Waals surface area contributed by atoms with Crippen molar-refractivity contribution in [3.63, 3.8) is 0 Å². The zero-order valence-corrected chi connectivity index (χ0v) is 19.0. The first kappa shape index (κ1) is 21.9. The van der Waals surface area contributed by atoms with Gasteiger partial charge in [0.25, 0.3) is 5.91 Å². The zero-order chi connectivity index (χ0) is 21.7. The number of benzene rings is 3. The number of nitrogens with one attached hydrogen (secondary N) is 1. The quantitative estimate of drug-likeness (QED) is 0.245. The van der Waals surface area contributed by atoms with Gasteiger partial charge in [-0.1, -0.05) is 97.9 Å². The number of alkyl halides is 1. The maximum atomic E-state index is 12.8. The van der Waals surface area contributed by atoms with E-state index in [1.165, 1.54) is 25.7 Å². The molecule has 1 unspecified atom stereocenters. The third kappa shape index (κ3) is 4.81. The van der Waals surface area contributed by atoms with Gasteiger partial charge in [0.1, 0.15) is 4.87 Å². The third-order valence-electron chi connectivity index (χ3n) is 6.15. The summed E-state index contributed by atoms with van der Waals surface area (Å²) < 4.78 is 0. The average molecular weight is 452 g/mol. The van der Waals surface area contributed by atoms with Gasteiger partial charge in [0.2, 0.25) is 0 Å². The van der Waals surface area contributed by atoms with E-state index in [4.69, 9.17) is 23.2 Å². The van der Waals surface area contributed by atoms with Crippen LogP contribution in [0.1, 0.15) is 65.6 Å². The summed E-state index contributed by atoms with van der Waals surface area (Å²) in [5.74, 6) is -0.0175. The second-order valence-corrected chi connectivity index (χ2v) is 9.22. The SMILES string of the molecule is O=C(NC1CCCCCC1)c1ccc(C(Cl)(c2ccccc2)c2ccccc2Cl)cc1. The van der Waals surface area contributed by atoms with Gasteiger partial charge in [0.05, 0.1) is 0 Å². The van der Waals surface area contributed by atoms with Crippen LogP contribution >= 0.6 is 23.2 Å². The summed E-state index contributed by atoms with van der Waals surface area (Å²) in [5, 5.41) is 3.82. The minimum atomic E-state index is -0.949. The molecule has 3 aromatic rings. The van der Waals surface area contributed by atoms with Crippen LogP contribution in [0.25, 0.3) is 0 Å². The molecule has 4 rings (SSSR count). The highest BCUT2D eigenvalue weighted by molar-refractivity contribution is 6.34. The van der Waals surface area contributed by atoms with Gasteiger partial charge in [-0.3, -0.25) is 4.79 Å². The summed E-state index contributed by atoms with van der Waals surface area (Å²) in [6, 6.07) is 25.4. The van der Waals surface area contributed by atoms with Crippen LogP contribution in [0.5, 0.6) is 0 Å². The molecular weight excluding hydrogens is 425 g/mol. The molecule has 1 aliphatic carbocycles. The molecule has 0 spiro atoms. The van der Waals surface area contributed by atoms with Crippen LogP contribution in [0.15, 0.2) is 78.9 Å². The van der Waals surface area contributed by atoms with E-state index in [9.17, 15) is 4.79 Å². The van der Waals surface area contributed by atoms with Crippen molar-refractivity contribution in [1.29, 1.82) is 0 Å². The van der Waals surface area contributed by atoms with Gasteiger partial charge in [-0.25, -0.2) is 0 Å². The molecule has 1 amide bonds.